The van der Waals surface area contributed by atoms with Crippen LogP contribution in [-0.4, -0.2) is 60.3 Å². The second kappa shape index (κ2) is 8.14. The maximum Gasteiger partial charge on any atom is 0.353 e. The van der Waals surface area contributed by atoms with Crippen molar-refractivity contribution in [1.82, 2.24) is 20.4 Å². The van der Waals surface area contributed by atoms with E-state index in [0.717, 1.165) is 0 Å². The van der Waals surface area contributed by atoms with E-state index < -0.39 is 35.3 Å². The van der Waals surface area contributed by atoms with Crippen LogP contribution in [0.1, 0.15) is 11.7 Å². The van der Waals surface area contributed by atoms with Crippen LogP contribution >= 0.6 is 34.9 Å². The molecule has 0 radical (unpaired) electrons. The minimum absolute atomic E-state index is 0.104. The number of hydrogen-bond donors (Lipinski definition) is 3. The van der Waals surface area contributed by atoms with Gasteiger partial charge in [0.2, 0.25) is 0 Å². The maximum absolute atomic E-state index is 12.6. The van der Waals surface area contributed by atoms with Crippen LogP contribution in [-0.2, 0) is 14.4 Å². The van der Waals surface area contributed by atoms with Gasteiger partial charge in [-0.05, 0) is 5.56 Å². The van der Waals surface area contributed by atoms with Crippen molar-refractivity contribution in [2.24, 2.45) is 0 Å². The SMILES string of the molecule is O=C(O)C1=C(Sc2nncs2)CS[C@@H]2[C@H](NC(=O)C(O)c3ccccc3)C(=O)N12. The molecule has 3 N–H and O–H groups in total. The number of hydrogen-bond acceptors (Lipinski definition) is 9. The number of benzene rings is 1. The summed E-state index contributed by atoms with van der Waals surface area (Å²) in [6, 6.07) is 7.47. The zero-order valence-corrected chi connectivity index (χ0v) is 17.0. The van der Waals surface area contributed by atoms with Gasteiger partial charge in [-0.3, -0.25) is 14.5 Å². The number of aromatic nitrogens is 2. The Morgan fingerprint density at radius 2 is 2.07 bits per heavy atom. The summed E-state index contributed by atoms with van der Waals surface area (Å²) in [7, 11) is 0. The summed E-state index contributed by atoms with van der Waals surface area (Å²) in [4.78, 5) is 38.5. The number of nitrogens with one attached hydrogen (secondary N) is 1. The standard InChI is InChI=1S/C17H14N4O5S3/c22-12(8-4-2-1-3-5-8)13(23)19-10-14(24)21-11(16(25)26)9(6-27-15(10)21)29-17-20-18-7-28-17/h1-5,7,10,12,15,22H,6H2,(H,19,23)(H,25,26)/t10-,12?,15-/m1/s1. The van der Waals surface area contributed by atoms with Crippen LogP contribution in [0.2, 0.25) is 0 Å². The van der Waals surface area contributed by atoms with E-state index in [9.17, 15) is 24.6 Å². The molecule has 1 unspecified atom stereocenters. The molecule has 150 valence electrons. The molecule has 1 aromatic carbocycles. The molecule has 1 saturated heterocycles. The van der Waals surface area contributed by atoms with Gasteiger partial charge in [0, 0.05) is 10.7 Å². The first-order valence-electron chi connectivity index (χ1n) is 8.36. The van der Waals surface area contributed by atoms with E-state index in [1.54, 1.807) is 35.8 Å². The lowest BCUT2D eigenvalue weighted by Crippen LogP contribution is -2.70. The van der Waals surface area contributed by atoms with Crippen LogP contribution in [0.3, 0.4) is 0 Å². The van der Waals surface area contributed by atoms with E-state index in [0.29, 0.717) is 20.6 Å². The fraction of sp³-hybridized carbons (Fsp3) is 0.235. The third-order valence-electron chi connectivity index (χ3n) is 4.35. The fourth-order valence-corrected chi connectivity index (χ4v) is 6.12. The van der Waals surface area contributed by atoms with Crippen LogP contribution in [0.5, 0.6) is 0 Å². The zero-order chi connectivity index (χ0) is 20.5. The van der Waals surface area contributed by atoms with Gasteiger partial charge in [-0.25, -0.2) is 4.79 Å². The summed E-state index contributed by atoms with van der Waals surface area (Å²) < 4.78 is 0.585. The number of aliphatic hydroxyl groups is 1. The van der Waals surface area contributed by atoms with Gasteiger partial charge in [0.05, 0.1) is 0 Å². The molecule has 0 saturated carbocycles. The van der Waals surface area contributed by atoms with Crippen LogP contribution < -0.4 is 5.32 Å². The lowest BCUT2D eigenvalue weighted by atomic mass is 10.0. The molecule has 0 bridgehead atoms. The van der Waals surface area contributed by atoms with Crippen molar-refractivity contribution in [1.29, 1.82) is 0 Å². The first kappa shape index (κ1) is 19.9. The normalized spacial score (nSPS) is 22.0. The van der Waals surface area contributed by atoms with Crippen LogP contribution in [0.15, 0.2) is 50.8 Å². The second-order valence-electron chi connectivity index (χ2n) is 6.09. The molecule has 2 aromatic rings. The molecule has 1 fully saturated rings. The predicted octanol–water partition coefficient (Wildman–Crippen LogP) is 1.06. The van der Waals surface area contributed by atoms with Gasteiger partial charge in [-0.2, -0.15) is 0 Å². The number of fused-ring (bicyclic) bond motifs is 1. The number of β-lactam (4-membered cyclic amide) rings is 1. The molecule has 0 aliphatic carbocycles. The third kappa shape index (κ3) is 3.75. The average Bonchev–Trinajstić information content (AvgIpc) is 3.24. The molecule has 12 heteroatoms. The molecule has 2 aliphatic rings. The van der Waals surface area contributed by atoms with Crippen LogP contribution in [0, 0.1) is 0 Å². The Morgan fingerprint density at radius 3 is 2.72 bits per heavy atom. The predicted molar refractivity (Wildman–Crippen MR) is 107 cm³/mol. The van der Waals surface area contributed by atoms with Gasteiger partial charge in [0.1, 0.15) is 22.6 Å². The number of nitrogens with zero attached hydrogens (tertiary/aromatic N) is 3. The first-order valence-corrected chi connectivity index (χ1v) is 11.1. The maximum atomic E-state index is 12.6. The molecule has 9 nitrogen and oxygen atoms in total. The van der Waals surface area contributed by atoms with Gasteiger partial charge in [0.25, 0.3) is 11.8 Å². The zero-order valence-electron chi connectivity index (χ0n) is 14.6. The largest absolute Gasteiger partial charge is 0.477 e. The fourth-order valence-electron chi connectivity index (χ4n) is 3.00. The van der Waals surface area contributed by atoms with Crippen molar-refractivity contribution in [3.8, 4) is 0 Å². The molecular formula is C17H14N4O5S3. The number of carboxylic acid groups (broad SMARTS) is 1. The number of carbonyl (C=O) groups is 3. The van der Waals surface area contributed by atoms with E-state index in [4.69, 9.17) is 0 Å². The highest BCUT2D eigenvalue weighted by molar-refractivity contribution is 8.07. The van der Waals surface area contributed by atoms with E-state index in [1.165, 1.54) is 39.8 Å². The molecule has 2 amide bonds. The summed E-state index contributed by atoms with van der Waals surface area (Å²) in [5, 5.41) is 29.5. The average molecular weight is 451 g/mol. The number of rotatable bonds is 6. The van der Waals surface area contributed by atoms with E-state index in [-0.39, 0.29) is 5.70 Å². The summed E-state index contributed by atoms with van der Waals surface area (Å²) in [6.07, 6.45) is -1.41. The lowest BCUT2D eigenvalue weighted by Gasteiger charge is -2.49. The van der Waals surface area contributed by atoms with Crippen LogP contribution in [0.4, 0.5) is 0 Å². The third-order valence-corrected chi connectivity index (χ3v) is 7.67. The summed E-state index contributed by atoms with van der Waals surface area (Å²) in [5.74, 6) is -2.09. The smallest absolute Gasteiger partial charge is 0.353 e. The number of aliphatic carboxylic acids is 1. The Kier molecular flexibility index (Phi) is 5.58. The minimum atomic E-state index is -1.41. The van der Waals surface area contributed by atoms with Gasteiger partial charge in [-0.15, -0.1) is 22.0 Å². The van der Waals surface area contributed by atoms with Crippen molar-refractivity contribution in [2.75, 3.05) is 5.75 Å². The molecule has 2 aliphatic heterocycles. The monoisotopic (exact) mass is 450 g/mol. The quantitative estimate of drug-likeness (QED) is 0.553. The Balaban J connectivity index is 1.49. The number of amides is 2. The second-order valence-corrected chi connectivity index (χ2v) is 9.37. The molecule has 3 atom stereocenters. The highest BCUT2D eigenvalue weighted by Gasteiger charge is 2.54. The molecule has 3 heterocycles. The van der Waals surface area contributed by atoms with Crippen molar-refractivity contribution in [2.45, 2.75) is 21.9 Å². The Hall–Kier alpha value is -2.41. The summed E-state index contributed by atoms with van der Waals surface area (Å²) in [6.45, 7) is 0. The van der Waals surface area contributed by atoms with Crippen molar-refractivity contribution < 1.29 is 24.6 Å². The first-order chi connectivity index (χ1) is 14.0. The van der Waals surface area contributed by atoms with Gasteiger partial charge in [-0.1, -0.05) is 53.4 Å². The summed E-state index contributed by atoms with van der Waals surface area (Å²) >= 11 is 3.79. The van der Waals surface area contributed by atoms with E-state index in [1.807, 2.05) is 0 Å². The van der Waals surface area contributed by atoms with Gasteiger partial charge in [0.15, 0.2) is 10.4 Å². The van der Waals surface area contributed by atoms with E-state index >= 15 is 0 Å². The Bertz CT molecular complexity index is 982. The molecule has 29 heavy (non-hydrogen) atoms. The van der Waals surface area contributed by atoms with E-state index in [2.05, 4.69) is 15.5 Å². The minimum Gasteiger partial charge on any atom is -0.477 e. The number of aliphatic hydroxyl groups excluding tert-OH is 1. The van der Waals surface area contributed by atoms with Crippen molar-refractivity contribution >= 4 is 52.6 Å². The van der Waals surface area contributed by atoms with Gasteiger partial charge < -0.3 is 15.5 Å². The number of carbonyl (C=O) groups excluding carboxylic acids is 2. The highest BCUT2D eigenvalue weighted by Crippen LogP contribution is 2.45. The Labute approximate surface area is 177 Å². The number of carboxylic acids is 1. The van der Waals surface area contributed by atoms with Crippen LogP contribution in [0.25, 0.3) is 0 Å². The molecular weight excluding hydrogens is 436 g/mol. The molecule has 0 spiro atoms. The topological polar surface area (TPSA) is 133 Å². The van der Waals surface area contributed by atoms with Crippen molar-refractivity contribution in [3.05, 3.63) is 52.0 Å². The highest BCUT2D eigenvalue weighted by atomic mass is 32.2. The summed E-state index contributed by atoms with van der Waals surface area (Å²) in [5.41, 5.74) is 1.85. The Morgan fingerprint density at radius 1 is 1.31 bits per heavy atom. The van der Waals surface area contributed by atoms with Crippen molar-refractivity contribution in [3.63, 3.8) is 0 Å². The van der Waals surface area contributed by atoms with Gasteiger partial charge >= 0.3 is 5.97 Å². The molecule has 4 rings (SSSR count). The lowest BCUT2D eigenvalue weighted by molar-refractivity contribution is -0.151. The molecule has 1 aromatic heterocycles. The number of thioether (sulfide) groups is 2.